The van der Waals surface area contributed by atoms with Crippen molar-refractivity contribution in [2.75, 3.05) is 11.9 Å². The number of ether oxygens (including phenoxy) is 1. The molecule has 154 valence electrons. The Hall–Kier alpha value is -0.310. The molecule has 0 spiro atoms. The third-order valence-corrected chi connectivity index (χ3v) is 5.24. The average molecular weight is 431 g/mol. The van der Waals surface area contributed by atoms with Crippen LogP contribution >= 0.6 is 15.9 Å². The molecule has 0 bridgehead atoms. The standard InChI is InChI=1S/C23H43BrO2/c1-2-3-4-5-6-7-8-9-10-11-12-13-14-15-17-20-23(25)26-22-19-16-18-21-24/h9-10H,2-8,11-22H2,1H3/b10-9-. The zero-order valence-electron chi connectivity index (χ0n) is 17.3. The van der Waals surface area contributed by atoms with Crippen LogP contribution in [0.25, 0.3) is 0 Å². The van der Waals surface area contributed by atoms with E-state index in [1.165, 1.54) is 70.6 Å². The van der Waals surface area contributed by atoms with Crippen molar-refractivity contribution in [3.05, 3.63) is 12.2 Å². The molecule has 0 aliphatic heterocycles. The minimum absolute atomic E-state index is 0.0125. The van der Waals surface area contributed by atoms with Gasteiger partial charge in [0.15, 0.2) is 0 Å². The second-order valence-electron chi connectivity index (χ2n) is 7.30. The summed E-state index contributed by atoms with van der Waals surface area (Å²) in [7, 11) is 0. The molecule has 0 aromatic heterocycles. The highest BCUT2D eigenvalue weighted by atomic mass is 79.9. The first kappa shape index (κ1) is 25.7. The summed E-state index contributed by atoms with van der Waals surface area (Å²) in [4.78, 5) is 11.6. The van der Waals surface area contributed by atoms with E-state index >= 15 is 0 Å². The predicted molar refractivity (Wildman–Crippen MR) is 118 cm³/mol. The Bertz CT molecular complexity index is 315. The minimum atomic E-state index is -0.0125. The Morgan fingerprint density at radius 2 is 1.27 bits per heavy atom. The van der Waals surface area contributed by atoms with Crippen molar-refractivity contribution in [2.24, 2.45) is 0 Å². The van der Waals surface area contributed by atoms with Crippen molar-refractivity contribution < 1.29 is 9.53 Å². The zero-order valence-corrected chi connectivity index (χ0v) is 18.9. The van der Waals surface area contributed by atoms with Gasteiger partial charge in [-0.15, -0.1) is 0 Å². The van der Waals surface area contributed by atoms with Crippen molar-refractivity contribution >= 4 is 21.9 Å². The number of allylic oxidation sites excluding steroid dienone is 2. The van der Waals surface area contributed by atoms with Gasteiger partial charge in [-0.1, -0.05) is 86.4 Å². The highest BCUT2D eigenvalue weighted by Gasteiger charge is 2.02. The topological polar surface area (TPSA) is 26.3 Å². The van der Waals surface area contributed by atoms with Crippen LogP contribution < -0.4 is 0 Å². The number of hydrogen-bond donors (Lipinski definition) is 0. The summed E-state index contributed by atoms with van der Waals surface area (Å²) < 4.78 is 5.24. The van der Waals surface area contributed by atoms with E-state index in [0.29, 0.717) is 13.0 Å². The first-order valence-corrected chi connectivity index (χ1v) is 12.3. The minimum Gasteiger partial charge on any atom is -0.466 e. The molecule has 0 unspecified atom stereocenters. The molecule has 0 N–H and O–H groups in total. The molecular weight excluding hydrogens is 388 g/mol. The van der Waals surface area contributed by atoms with Crippen LogP contribution in [0.4, 0.5) is 0 Å². The van der Waals surface area contributed by atoms with Crippen molar-refractivity contribution in [3.8, 4) is 0 Å². The summed E-state index contributed by atoms with van der Waals surface area (Å²) >= 11 is 3.41. The maximum absolute atomic E-state index is 11.6. The van der Waals surface area contributed by atoms with Gasteiger partial charge in [0.2, 0.25) is 0 Å². The molecule has 2 nitrogen and oxygen atoms in total. The number of carbonyl (C=O) groups is 1. The van der Waals surface area contributed by atoms with Crippen molar-refractivity contribution in [3.63, 3.8) is 0 Å². The highest BCUT2D eigenvalue weighted by molar-refractivity contribution is 9.09. The smallest absolute Gasteiger partial charge is 0.305 e. The molecule has 0 fully saturated rings. The van der Waals surface area contributed by atoms with Crippen molar-refractivity contribution in [1.29, 1.82) is 0 Å². The Kier molecular flexibility index (Phi) is 22.5. The number of unbranched alkanes of at least 4 members (excludes halogenated alkanes) is 13. The van der Waals surface area contributed by atoms with Gasteiger partial charge in [-0.3, -0.25) is 4.79 Å². The van der Waals surface area contributed by atoms with Crippen LogP contribution in [0, 0.1) is 0 Å². The van der Waals surface area contributed by atoms with Gasteiger partial charge in [0.25, 0.3) is 0 Å². The summed E-state index contributed by atoms with van der Waals surface area (Å²) in [6, 6.07) is 0. The molecule has 0 saturated carbocycles. The molecule has 0 aromatic rings. The first-order valence-electron chi connectivity index (χ1n) is 11.2. The lowest BCUT2D eigenvalue weighted by Gasteiger charge is -2.04. The number of carbonyl (C=O) groups excluding carboxylic acids is 1. The van der Waals surface area contributed by atoms with Gasteiger partial charge in [0.1, 0.15) is 0 Å². The number of alkyl halides is 1. The number of rotatable bonds is 20. The van der Waals surface area contributed by atoms with Gasteiger partial charge in [-0.2, -0.15) is 0 Å². The highest BCUT2D eigenvalue weighted by Crippen LogP contribution is 2.10. The lowest BCUT2D eigenvalue weighted by Crippen LogP contribution is -2.05. The van der Waals surface area contributed by atoms with E-state index in [4.69, 9.17) is 4.74 Å². The molecule has 0 atom stereocenters. The molecule has 0 aliphatic rings. The fourth-order valence-electron chi connectivity index (χ4n) is 2.97. The largest absolute Gasteiger partial charge is 0.466 e. The van der Waals surface area contributed by atoms with Gasteiger partial charge < -0.3 is 4.74 Å². The average Bonchev–Trinajstić information content (AvgIpc) is 2.64. The van der Waals surface area contributed by atoms with E-state index in [1.807, 2.05) is 0 Å². The summed E-state index contributed by atoms with van der Waals surface area (Å²) in [5, 5.41) is 1.04. The summed E-state index contributed by atoms with van der Waals surface area (Å²) in [6.07, 6.45) is 25.3. The summed E-state index contributed by atoms with van der Waals surface area (Å²) in [5.41, 5.74) is 0. The van der Waals surface area contributed by atoms with Gasteiger partial charge >= 0.3 is 5.97 Å². The van der Waals surface area contributed by atoms with Gasteiger partial charge in [-0.05, 0) is 51.4 Å². The fraction of sp³-hybridized carbons (Fsp3) is 0.870. The van der Waals surface area contributed by atoms with Crippen LogP contribution in [0.3, 0.4) is 0 Å². The predicted octanol–water partition coefficient (Wildman–Crippen LogP) is 8.13. The Morgan fingerprint density at radius 1 is 0.731 bits per heavy atom. The van der Waals surface area contributed by atoms with E-state index in [9.17, 15) is 4.79 Å². The molecular formula is C23H43BrO2. The molecule has 0 saturated heterocycles. The van der Waals surface area contributed by atoms with Crippen LogP contribution in [0.1, 0.15) is 116 Å². The maximum Gasteiger partial charge on any atom is 0.305 e. The van der Waals surface area contributed by atoms with Gasteiger partial charge in [0, 0.05) is 11.8 Å². The van der Waals surface area contributed by atoms with Gasteiger partial charge in [0.05, 0.1) is 6.61 Å². The number of esters is 1. The normalized spacial score (nSPS) is 11.3. The lowest BCUT2D eigenvalue weighted by molar-refractivity contribution is -0.143. The number of hydrogen-bond acceptors (Lipinski definition) is 2. The lowest BCUT2D eigenvalue weighted by atomic mass is 10.1. The van der Waals surface area contributed by atoms with Crippen LogP contribution in [0.5, 0.6) is 0 Å². The summed E-state index contributed by atoms with van der Waals surface area (Å²) in [5.74, 6) is -0.0125. The molecule has 0 aromatic carbocycles. The molecule has 0 heterocycles. The molecule has 3 heteroatoms. The quantitative estimate of drug-likeness (QED) is 0.0842. The fourth-order valence-corrected chi connectivity index (χ4v) is 3.37. The monoisotopic (exact) mass is 430 g/mol. The molecule has 0 amide bonds. The van der Waals surface area contributed by atoms with E-state index < -0.39 is 0 Å². The molecule has 0 rings (SSSR count). The van der Waals surface area contributed by atoms with Crippen LogP contribution in [0.2, 0.25) is 0 Å². The molecule has 0 aliphatic carbocycles. The maximum atomic E-state index is 11.6. The van der Waals surface area contributed by atoms with Crippen LogP contribution in [-0.2, 0) is 9.53 Å². The van der Waals surface area contributed by atoms with Crippen LogP contribution in [0.15, 0.2) is 12.2 Å². The van der Waals surface area contributed by atoms with Crippen molar-refractivity contribution in [2.45, 2.75) is 116 Å². The molecule has 26 heavy (non-hydrogen) atoms. The van der Waals surface area contributed by atoms with E-state index in [1.54, 1.807) is 0 Å². The van der Waals surface area contributed by atoms with E-state index in [-0.39, 0.29) is 5.97 Å². The van der Waals surface area contributed by atoms with E-state index in [0.717, 1.165) is 37.4 Å². The second kappa shape index (κ2) is 22.7. The Morgan fingerprint density at radius 3 is 1.88 bits per heavy atom. The van der Waals surface area contributed by atoms with E-state index in [2.05, 4.69) is 35.0 Å². The second-order valence-corrected chi connectivity index (χ2v) is 8.10. The molecule has 0 radical (unpaired) electrons. The SMILES string of the molecule is CCCCCCCC/C=C\CCCCCCCC(=O)OCCCCCBr. The first-order chi connectivity index (χ1) is 12.8. The van der Waals surface area contributed by atoms with Crippen molar-refractivity contribution in [1.82, 2.24) is 0 Å². The van der Waals surface area contributed by atoms with Crippen LogP contribution in [-0.4, -0.2) is 17.9 Å². The third-order valence-electron chi connectivity index (χ3n) is 4.68. The third kappa shape index (κ3) is 21.7. The summed E-state index contributed by atoms with van der Waals surface area (Å²) in [6.45, 7) is 2.86. The van der Waals surface area contributed by atoms with Gasteiger partial charge in [-0.25, -0.2) is 0 Å². The number of halogens is 1. The Balaban J connectivity index is 3.18. The Labute approximate surface area is 171 Å². The zero-order chi connectivity index (χ0) is 19.1.